The maximum absolute atomic E-state index is 12.1. The van der Waals surface area contributed by atoms with Gasteiger partial charge in [-0.15, -0.1) is 0 Å². The first kappa shape index (κ1) is 17.3. The molecule has 1 saturated carbocycles. The van der Waals surface area contributed by atoms with E-state index in [4.69, 9.17) is 4.74 Å². The number of unbranched alkanes of at least 4 members (excludes halogenated alkanes) is 2. The van der Waals surface area contributed by atoms with Crippen LogP contribution in [-0.2, 0) is 16.1 Å². The normalized spacial score (nSPS) is 19.0. The van der Waals surface area contributed by atoms with E-state index in [1.807, 2.05) is 24.3 Å². The van der Waals surface area contributed by atoms with Gasteiger partial charge in [0.05, 0.1) is 18.9 Å². The molecular weight excluding hydrogens is 292 g/mol. The van der Waals surface area contributed by atoms with Crippen molar-refractivity contribution in [3.8, 4) is 5.75 Å². The van der Waals surface area contributed by atoms with Gasteiger partial charge in [-0.25, -0.2) is 0 Å². The second-order valence-corrected chi connectivity index (χ2v) is 5.98. The molecule has 2 N–H and O–H groups in total. The average Bonchev–Trinajstić information content (AvgIpc) is 3.37. The van der Waals surface area contributed by atoms with Crippen LogP contribution in [0.25, 0.3) is 0 Å². The van der Waals surface area contributed by atoms with E-state index in [0.717, 1.165) is 30.6 Å². The average molecular weight is 318 g/mol. The summed E-state index contributed by atoms with van der Waals surface area (Å²) in [6.07, 6.45) is 3.90. The second-order valence-electron chi connectivity index (χ2n) is 5.98. The number of hydrogen-bond donors (Lipinski definition) is 2. The summed E-state index contributed by atoms with van der Waals surface area (Å²) in [6, 6.07) is 7.59. The third-order valence-electron chi connectivity index (χ3n) is 4.19. The standard InChI is InChI=1S/C18H26N2O3/c1-3-4-7-10-19-17(21)14-11-15(14)18(22)20-12-13-8-5-6-9-16(13)23-2/h5-6,8-9,14-15H,3-4,7,10-12H2,1-2H3,(H,19,21)(H,20,22). The van der Waals surface area contributed by atoms with Gasteiger partial charge in [0, 0.05) is 18.7 Å². The summed E-state index contributed by atoms with van der Waals surface area (Å²) in [7, 11) is 1.61. The van der Waals surface area contributed by atoms with Crippen molar-refractivity contribution >= 4 is 11.8 Å². The summed E-state index contributed by atoms with van der Waals surface area (Å²) >= 11 is 0. The lowest BCUT2D eigenvalue weighted by atomic mass is 10.2. The molecule has 126 valence electrons. The van der Waals surface area contributed by atoms with Crippen molar-refractivity contribution in [2.45, 2.75) is 39.2 Å². The molecule has 0 bridgehead atoms. The van der Waals surface area contributed by atoms with Crippen molar-refractivity contribution in [3.63, 3.8) is 0 Å². The lowest BCUT2D eigenvalue weighted by Gasteiger charge is -2.09. The van der Waals surface area contributed by atoms with Gasteiger partial charge < -0.3 is 15.4 Å². The van der Waals surface area contributed by atoms with Gasteiger partial charge in [-0.05, 0) is 18.9 Å². The first-order valence-electron chi connectivity index (χ1n) is 8.34. The Bertz CT molecular complexity index is 545. The molecule has 0 aromatic heterocycles. The highest BCUT2D eigenvalue weighted by molar-refractivity contribution is 5.92. The molecule has 1 aliphatic carbocycles. The van der Waals surface area contributed by atoms with Crippen molar-refractivity contribution in [3.05, 3.63) is 29.8 Å². The second kappa shape index (κ2) is 8.56. The monoisotopic (exact) mass is 318 g/mol. The van der Waals surface area contributed by atoms with Crippen LogP contribution in [0.15, 0.2) is 24.3 Å². The molecule has 1 aliphatic rings. The Labute approximate surface area is 137 Å². The lowest BCUT2D eigenvalue weighted by Crippen LogP contribution is -2.30. The maximum Gasteiger partial charge on any atom is 0.224 e. The van der Waals surface area contributed by atoms with Crippen LogP contribution in [0, 0.1) is 11.8 Å². The van der Waals surface area contributed by atoms with Gasteiger partial charge in [0.2, 0.25) is 11.8 Å². The van der Waals surface area contributed by atoms with Crippen LogP contribution < -0.4 is 15.4 Å². The van der Waals surface area contributed by atoms with E-state index in [0.29, 0.717) is 19.5 Å². The predicted molar refractivity (Wildman–Crippen MR) is 89.0 cm³/mol. The van der Waals surface area contributed by atoms with E-state index in [2.05, 4.69) is 17.6 Å². The highest BCUT2D eigenvalue weighted by Gasteiger charge is 2.47. The Morgan fingerprint density at radius 1 is 1.13 bits per heavy atom. The summed E-state index contributed by atoms with van der Waals surface area (Å²) in [5, 5.41) is 5.82. The number of nitrogens with one attached hydrogen (secondary N) is 2. The molecule has 2 atom stereocenters. The first-order valence-corrected chi connectivity index (χ1v) is 8.34. The van der Waals surface area contributed by atoms with E-state index in [1.54, 1.807) is 7.11 Å². The summed E-state index contributed by atoms with van der Waals surface area (Å²) < 4.78 is 5.26. The van der Waals surface area contributed by atoms with Gasteiger partial charge in [-0.1, -0.05) is 38.0 Å². The zero-order valence-corrected chi connectivity index (χ0v) is 13.9. The topological polar surface area (TPSA) is 67.4 Å². The van der Waals surface area contributed by atoms with Crippen molar-refractivity contribution in [1.29, 1.82) is 0 Å². The van der Waals surface area contributed by atoms with Crippen molar-refractivity contribution < 1.29 is 14.3 Å². The minimum absolute atomic E-state index is 0.0125. The van der Waals surface area contributed by atoms with Gasteiger partial charge in [-0.2, -0.15) is 0 Å². The number of carbonyl (C=O) groups is 2. The Kier molecular flexibility index (Phi) is 6.44. The highest BCUT2D eigenvalue weighted by Crippen LogP contribution is 2.38. The summed E-state index contributed by atoms with van der Waals surface area (Å²) in [4.78, 5) is 24.1. The molecule has 0 heterocycles. The van der Waals surface area contributed by atoms with Gasteiger partial charge in [0.1, 0.15) is 5.75 Å². The van der Waals surface area contributed by atoms with Crippen LogP contribution in [0.2, 0.25) is 0 Å². The molecule has 1 aromatic rings. The molecule has 2 unspecified atom stereocenters. The summed E-state index contributed by atoms with van der Waals surface area (Å²) in [5.41, 5.74) is 0.935. The number of ether oxygens (including phenoxy) is 1. The van der Waals surface area contributed by atoms with Crippen LogP contribution in [0.4, 0.5) is 0 Å². The van der Waals surface area contributed by atoms with E-state index in [-0.39, 0.29) is 23.7 Å². The minimum atomic E-state index is -0.184. The Morgan fingerprint density at radius 3 is 2.52 bits per heavy atom. The fourth-order valence-corrected chi connectivity index (χ4v) is 2.65. The van der Waals surface area contributed by atoms with Crippen LogP contribution in [0.1, 0.15) is 38.2 Å². The van der Waals surface area contributed by atoms with Crippen LogP contribution >= 0.6 is 0 Å². The molecule has 1 fully saturated rings. The number of methoxy groups -OCH3 is 1. The molecule has 0 aliphatic heterocycles. The van der Waals surface area contributed by atoms with Crippen LogP contribution in [0.3, 0.4) is 0 Å². The zero-order chi connectivity index (χ0) is 16.7. The maximum atomic E-state index is 12.1. The van der Waals surface area contributed by atoms with Gasteiger partial charge in [0.25, 0.3) is 0 Å². The number of rotatable bonds is 9. The molecular formula is C18H26N2O3. The van der Waals surface area contributed by atoms with E-state index < -0.39 is 0 Å². The number of para-hydroxylation sites is 1. The van der Waals surface area contributed by atoms with Crippen LogP contribution in [-0.4, -0.2) is 25.5 Å². The number of benzene rings is 1. The molecule has 5 heteroatoms. The largest absolute Gasteiger partial charge is 0.496 e. The fraction of sp³-hybridized carbons (Fsp3) is 0.556. The molecule has 0 spiro atoms. The summed E-state index contributed by atoms with van der Waals surface area (Å²) in [6.45, 7) is 3.26. The number of hydrogen-bond acceptors (Lipinski definition) is 3. The van der Waals surface area contributed by atoms with Gasteiger partial charge in [0.15, 0.2) is 0 Å². The Hall–Kier alpha value is -2.04. The molecule has 0 radical (unpaired) electrons. The number of carbonyl (C=O) groups excluding carboxylic acids is 2. The molecule has 1 aromatic carbocycles. The SMILES string of the molecule is CCCCCNC(=O)C1CC1C(=O)NCc1ccccc1OC. The first-order chi connectivity index (χ1) is 11.2. The van der Waals surface area contributed by atoms with E-state index in [9.17, 15) is 9.59 Å². The molecule has 5 nitrogen and oxygen atoms in total. The number of amides is 2. The zero-order valence-electron chi connectivity index (χ0n) is 13.9. The van der Waals surface area contributed by atoms with Crippen molar-refractivity contribution in [2.24, 2.45) is 11.8 Å². The third-order valence-corrected chi connectivity index (χ3v) is 4.19. The Balaban J connectivity index is 1.72. The lowest BCUT2D eigenvalue weighted by molar-refractivity contribution is -0.127. The van der Waals surface area contributed by atoms with E-state index in [1.165, 1.54) is 0 Å². The van der Waals surface area contributed by atoms with Gasteiger partial charge >= 0.3 is 0 Å². The quantitative estimate of drug-likeness (QED) is 0.686. The van der Waals surface area contributed by atoms with Crippen LogP contribution in [0.5, 0.6) is 5.75 Å². The molecule has 2 amide bonds. The highest BCUT2D eigenvalue weighted by atomic mass is 16.5. The summed E-state index contributed by atoms with van der Waals surface area (Å²) in [5.74, 6) is 0.377. The minimum Gasteiger partial charge on any atom is -0.496 e. The van der Waals surface area contributed by atoms with E-state index >= 15 is 0 Å². The Morgan fingerprint density at radius 2 is 1.83 bits per heavy atom. The molecule has 2 rings (SSSR count). The fourth-order valence-electron chi connectivity index (χ4n) is 2.65. The third kappa shape index (κ3) is 4.98. The molecule has 0 saturated heterocycles. The van der Waals surface area contributed by atoms with Gasteiger partial charge in [-0.3, -0.25) is 9.59 Å². The van der Waals surface area contributed by atoms with Crippen molar-refractivity contribution in [2.75, 3.05) is 13.7 Å². The molecule has 23 heavy (non-hydrogen) atoms. The predicted octanol–water partition coefficient (Wildman–Crippen LogP) is 2.25. The van der Waals surface area contributed by atoms with Crippen molar-refractivity contribution in [1.82, 2.24) is 10.6 Å². The smallest absolute Gasteiger partial charge is 0.224 e.